The van der Waals surface area contributed by atoms with Crippen LogP contribution in [0.4, 0.5) is 13.2 Å². The van der Waals surface area contributed by atoms with Gasteiger partial charge in [0.1, 0.15) is 17.2 Å². The van der Waals surface area contributed by atoms with Gasteiger partial charge >= 0.3 is 12.3 Å². The Hall–Kier alpha value is -3.23. The van der Waals surface area contributed by atoms with Crippen molar-refractivity contribution in [2.45, 2.75) is 58.9 Å². The second-order valence-electron chi connectivity index (χ2n) is 9.04. The summed E-state index contributed by atoms with van der Waals surface area (Å²) in [6.07, 6.45) is -4.23. The van der Waals surface area contributed by atoms with Crippen molar-refractivity contribution in [3.05, 3.63) is 52.6 Å². The van der Waals surface area contributed by atoms with E-state index >= 15 is 0 Å². The van der Waals surface area contributed by atoms with Crippen LogP contribution in [0, 0.1) is 19.8 Å². The third kappa shape index (κ3) is 6.07. The summed E-state index contributed by atoms with van der Waals surface area (Å²) in [5, 5.41) is 0. The van der Waals surface area contributed by atoms with Crippen LogP contribution >= 0.6 is 0 Å². The minimum Gasteiger partial charge on any atom is -0.496 e. The number of carbonyl (C=O) groups is 2. The maximum Gasteiger partial charge on any atom is 0.573 e. The van der Waals surface area contributed by atoms with E-state index in [0.29, 0.717) is 12.2 Å². The van der Waals surface area contributed by atoms with Crippen molar-refractivity contribution in [2.24, 2.45) is 5.92 Å². The van der Waals surface area contributed by atoms with Crippen molar-refractivity contribution in [3.63, 3.8) is 0 Å². The zero-order valence-electron chi connectivity index (χ0n) is 20.5. The van der Waals surface area contributed by atoms with E-state index < -0.39 is 23.7 Å². The summed E-state index contributed by atoms with van der Waals surface area (Å²) in [5.74, 6) is -0.869. The second-order valence-corrected chi connectivity index (χ2v) is 9.04. The molecule has 0 amide bonds. The van der Waals surface area contributed by atoms with Crippen LogP contribution in [0.15, 0.2) is 30.3 Å². The summed E-state index contributed by atoms with van der Waals surface area (Å²) in [6, 6.07) is 7.32. The van der Waals surface area contributed by atoms with Crippen LogP contribution in [0.1, 0.15) is 60.2 Å². The number of Topliss-reactive ketones (excluding diaryl/α,β-unsaturated/α-hetero) is 1. The molecular weight excluding hydrogens is 465 g/mol. The van der Waals surface area contributed by atoms with E-state index in [2.05, 4.69) is 4.74 Å². The third-order valence-corrected chi connectivity index (χ3v) is 5.83. The summed E-state index contributed by atoms with van der Waals surface area (Å²) in [5.41, 5.74) is 1.64. The molecule has 1 aliphatic rings. The first kappa shape index (κ1) is 26.4. The molecule has 0 bridgehead atoms. The largest absolute Gasteiger partial charge is 0.573 e. The molecule has 6 nitrogen and oxygen atoms in total. The molecule has 0 spiro atoms. The van der Waals surface area contributed by atoms with E-state index in [1.165, 1.54) is 13.2 Å². The normalized spacial score (nSPS) is 17.5. The number of methoxy groups -OCH3 is 1. The van der Waals surface area contributed by atoms with Gasteiger partial charge in [-0.2, -0.15) is 0 Å². The monoisotopic (exact) mass is 494 g/mol. The first-order valence-corrected chi connectivity index (χ1v) is 11.2. The number of carbonyl (C=O) groups excluding carboxylic acids is 2. The highest BCUT2D eigenvalue weighted by atomic mass is 19.4. The Bertz CT molecular complexity index is 1100. The van der Waals surface area contributed by atoms with Gasteiger partial charge in [0.2, 0.25) is 0 Å². The minimum absolute atomic E-state index is 0.0275. The van der Waals surface area contributed by atoms with Crippen LogP contribution in [0.25, 0.3) is 0 Å². The van der Waals surface area contributed by atoms with Gasteiger partial charge in [0, 0.05) is 12.0 Å². The number of hydrogen-bond acceptors (Lipinski definition) is 6. The van der Waals surface area contributed by atoms with Gasteiger partial charge in [-0.25, -0.2) is 4.79 Å². The molecule has 2 atom stereocenters. The number of ketones is 1. The fourth-order valence-electron chi connectivity index (χ4n) is 4.09. The number of esters is 1. The Morgan fingerprint density at radius 3 is 2.20 bits per heavy atom. The van der Waals surface area contributed by atoms with Crippen LogP contribution in [0.5, 0.6) is 17.2 Å². The number of ether oxygens (including phenoxy) is 4. The molecule has 0 aromatic heterocycles. The second kappa shape index (κ2) is 9.79. The SMILES string of the molecule is CCOC(=O)C(C)(C)Oc1c(C)cc(C2CC2C(=O)c2ccc(OC(F)(F)F)cc2OC)cc1C. The number of aryl methyl sites for hydroxylation is 2. The standard InChI is InChI=1S/C26H29F3O6/c1-7-33-24(31)25(4,5)35-23-14(2)10-16(11-15(23)3)19-13-20(19)22(30)18-9-8-17(12-21(18)32-6)34-26(27,28)29/h8-12,19-20H,7,13H2,1-6H3. The van der Waals surface area contributed by atoms with Gasteiger partial charge in [-0.15, -0.1) is 13.2 Å². The lowest BCUT2D eigenvalue weighted by Crippen LogP contribution is -2.40. The summed E-state index contributed by atoms with van der Waals surface area (Å²) >= 11 is 0. The zero-order chi connectivity index (χ0) is 26.1. The van der Waals surface area contributed by atoms with E-state index in [1.54, 1.807) is 20.8 Å². The average Bonchev–Trinajstić information content (AvgIpc) is 3.55. The summed E-state index contributed by atoms with van der Waals surface area (Å²) in [6.45, 7) is 9.01. The van der Waals surface area contributed by atoms with Crippen molar-refractivity contribution >= 4 is 11.8 Å². The Labute approximate surface area is 202 Å². The molecule has 1 aliphatic carbocycles. The molecule has 3 rings (SSSR count). The fraction of sp³-hybridized carbons (Fsp3) is 0.462. The van der Waals surface area contributed by atoms with Gasteiger partial charge in [-0.3, -0.25) is 4.79 Å². The highest BCUT2D eigenvalue weighted by Crippen LogP contribution is 2.51. The Morgan fingerprint density at radius 2 is 1.66 bits per heavy atom. The van der Waals surface area contributed by atoms with Gasteiger partial charge < -0.3 is 18.9 Å². The van der Waals surface area contributed by atoms with Gasteiger partial charge in [0.15, 0.2) is 11.4 Å². The third-order valence-electron chi connectivity index (χ3n) is 5.83. The van der Waals surface area contributed by atoms with E-state index in [-0.39, 0.29) is 35.5 Å². The molecule has 2 aromatic carbocycles. The maximum absolute atomic E-state index is 13.1. The molecule has 0 heterocycles. The van der Waals surface area contributed by atoms with Crippen LogP contribution in [0.3, 0.4) is 0 Å². The van der Waals surface area contributed by atoms with E-state index in [1.807, 2.05) is 26.0 Å². The molecule has 2 unspecified atom stereocenters. The van der Waals surface area contributed by atoms with E-state index in [0.717, 1.165) is 28.8 Å². The Morgan fingerprint density at radius 1 is 1.03 bits per heavy atom. The quantitative estimate of drug-likeness (QED) is 0.319. The highest BCUT2D eigenvalue weighted by Gasteiger charge is 2.45. The summed E-state index contributed by atoms with van der Waals surface area (Å²) in [4.78, 5) is 25.3. The maximum atomic E-state index is 13.1. The number of benzene rings is 2. The number of rotatable bonds is 9. The van der Waals surface area contributed by atoms with Crippen molar-refractivity contribution in [1.82, 2.24) is 0 Å². The number of halogens is 3. The molecule has 0 saturated heterocycles. The van der Waals surface area contributed by atoms with Gasteiger partial charge in [-0.05, 0) is 75.8 Å². The van der Waals surface area contributed by atoms with Crippen molar-refractivity contribution in [1.29, 1.82) is 0 Å². The lowest BCUT2D eigenvalue weighted by atomic mass is 9.98. The average molecular weight is 495 g/mol. The first-order valence-electron chi connectivity index (χ1n) is 11.2. The van der Waals surface area contributed by atoms with Gasteiger partial charge in [0.05, 0.1) is 19.3 Å². The Balaban J connectivity index is 1.77. The smallest absolute Gasteiger partial charge is 0.496 e. The Kier molecular flexibility index (Phi) is 7.38. The molecule has 1 fully saturated rings. The molecule has 1 saturated carbocycles. The van der Waals surface area contributed by atoms with Crippen molar-refractivity contribution in [2.75, 3.05) is 13.7 Å². The van der Waals surface area contributed by atoms with Gasteiger partial charge in [0.25, 0.3) is 0 Å². The zero-order valence-corrected chi connectivity index (χ0v) is 20.5. The van der Waals surface area contributed by atoms with Crippen molar-refractivity contribution in [3.8, 4) is 17.2 Å². The fourth-order valence-corrected chi connectivity index (χ4v) is 4.09. The molecule has 9 heteroatoms. The number of hydrogen-bond donors (Lipinski definition) is 0. The summed E-state index contributed by atoms with van der Waals surface area (Å²) in [7, 11) is 1.29. The predicted octanol–water partition coefficient (Wildman–Crippen LogP) is 5.92. The van der Waals surface area contributed by atoms with Gasteiger partial charge in [-0.1, -0.05) is 12.1 Å². The molecule has 0 N–H and O–H groups in total. The van der Waals surface area contributed by atoms with Crippen LogP contribution in [-0.2, 0) is 9.53 Å². The van der Waals surface area contributed by atoms with E-state index in [9.17, 15) is 22.8 Å². The van der Waals surface area contributed by atoms with Crippen LogP contribution in [0.2, 0.25) is 0 Å². The van der Waals surface area contributed by atoms with Crippen LogP contribution < -0.4 is 14.2 Å². The van der Waals surface area contributed by atoms with Crippen LogP contribution in [-0.4, -0.2) is 37.4 Å². The van der Waals surface area contributed by atoms with E-state index in [4.69, 9.17) is 14.2 Å². The minimum atomic E-state index is -4.84. The first-order chi connectivity index (χ1) is 16.3. The topological polar surface area (TPSA) is 71.1 Å². The summed E-state index contributed by atoms with van der Waals surface area (Å²) < 4.78 is 57.7. The molecular formula is C26H29F3O6. The number of alkyl halides is 3. The van der Waals surface area contributed by atoms with Crippen molar-refractivity contribution < 1.29 is 41.7 Å². The molecule has 0 aliphatic heterocycles. The highest BCUT2D eigenvalue weighted by molar-refractivity contribution is 6.02. The molecule has 0 radical (unpaired) electrons. The lowest BCUT2D eigenvalue weighted by Gasteiger charge is -2.26. The predicted molar refractivity (Wildman–Crippen MR) is 122 cm³/mol. The molecule has 2 aromatic rings. The lowest BCUT2D eigenvalue weighted by molar-refractivity contribution is -0.274. The molecule has 35 heavy (non-hydrogen) atoms. The molecule has 190 valence electrons.